The molecule has 0 aromatic carbocycles. The number of aliphatic hydroxyl groups excluding tert-OH is 1. The summed E-state index contributed by atoms with van der Waals surface area (Å²) >= 11 is 0. The van der Waals surface area contributed by atoms with Crippen molar-refractivity contribution in [1.29, 1.82) is 0 Å². The van der Waals surface area contributed by atoms with Crippen molar-refractivity contribution in [2.45, 2.75) is 45.6 Å². The molecule has 2 heterocycles. The van der Waals surface area contributed by atoms with Gasteiger partial charge in [0.2, 0.25) is 0 Å². The third-order valence-corrected chi connectivity index (χ3v) is 4.65. The molecule has 1 aliphatic rings. The van der Waals surface area contributed by atoms with Gasteiger partial charge in [0.15, 0.2) is 5.65 Å². The minimum Gasteiger partial charge on any atom is -0.393 e. The van der Waals surface area contributed by atoms with Gasteiger partial charge in [0.25, 0.3) is 5.91 Å². The summed E-state index contributed by atoms with van der Waals surface area (Å²) in [5.41, 5.74) is 2.99. The Morgan fingerprint density at radius 3 is 2.96 bits per heavy atom. The maximum atomic E-state index is 12.7. The smallest absolute Gasteiger partial charge is 0.252 e. The summed E-state index contributed by atoms with van der Waals surface area (Å²) in [6.45, 7) is 4.39. The number of nitrogens with one attached hydrogen (secondary N) is 1. The molecule has 0 saturated heterocycles. The zero-order valence-electron chi connectivity index (χ0n) is 14.0. The van der Waals surface area contributed by atoms with Crippen molar-refractivity contribution in [2.75, 3.05) is 6.54 Å². The van der Waals surface area contributed by atoms with E-state index in [0.717, 1.165) is 48.1 Å². The molecule has 0 radical (unpaired) electrons. The largest absolute Gasteiger partial charge is 0.393 e. The molecule has 6 nitrogen and oxygen atoms in total. The lowest BCUT2D eigenvalue weighted by molar-refractivity contribution is 0.0875. The summed E-state index contributed by atoms with van der Waals surface area (Å²) in [5.74, 6) is 0.271. The number of nitrogens with zero attached hydrogens (tertiary/aromatic N) is 3. The average Bonchev–Trinajstić information content (AvgIpc) is 2.79. The second-order valence-electron chi connectivity index (χ2n) is 6.62. The lowest BCUT2D eigenvalue weighted by atomic mass is 9.87. The maximum absolute atomic E-state index is 12.7. The molecule has 1 saturated carbocycles. The van der Waals surface area contributed by atoms with E-state index in [-0.39, 0.29) is 12.0 Å². The van der Waals surface area contributed by atoms with Gasteiger partial charge in [0.05, 0.1) is 22.7 Å². The zero-order chi connectivity index (χ0) is 16.6. The molecule has 1 aliphatic carbocycles. The molecular formula is C17H24N4O2. The molecule has 6 heteroatoms. The fourth-order valence-electron chi connectivity index (χ4n) is 3.53. The second-order valence-corrected chi connectivity index (χ2v) is 6.62. The standard InChI is InChI=1S/C17H24N4O2/c1-10-7-14(15-11(2)20-21(3)16(15)19-10)17(23)18-9-12-5-4-6-13(22)8-12/h7,12-13,22H,4-6,8-9H2,1-3H3,(H,18,23). The number of hydrogen-bond acceptors (Lipinski definition) is 4. The minimum atomic E-state index is -0.221. The van der Waals surface area contributed by atoms with Crippen LogP contribution in [0.2, 0.25) is 0 Å². The summed E-state index contributed by atoms with van der Waals surface area (Å²) in [6, 6.07) is 1.82. The van der Waals surface area contributed by atoms with Gasteiger partial charge in [-0.25, -0.2) is 4.98 Å². The predicted molar refractivity (Wildman–Crippen MR) is 88.3 cm³/mol. The van der Waals surface area contributed by atoms with E-state index in [9.17, 15) is 9.90 Å². The van der Waals surface area contributed by atoms with Crippen LogP contribution in [0, 0.1) is 19.8 Å². The van der Waals surface area contributed by atoms with Crippen LogP contribution in [0.5, 0.6) is 0 Å². The van der Waals surface area contributed by atoms with Crippen LogP contribution >= 0.6 is 0 Å². The highest BCUT2D eigenvalue weighted by Crippen LogP contribution is 2.24. The van der Waals surface area contributed by atoms with Gasteiger partial charge in [-0.3, -0.25) is 9.48 Å². The molecule has 1 fully saturated rings. The Hall–Kier alpha value is -1.95. The molecule has 124 valence electrons. The van der Waals surface area contributed by atoms with E-state index in [0.29, 0.717) is 18.0 Å². The highest BCUT2D eigenvalue weighted by atomic mass is 16.3. The molecule has 2 unspecified atom stereocenters. The van der Waals surface area contributed by atoms with Crippen LogP contribution in [-0.4, -0.2) is 38.4 Å². The van der Waals surface area contributed by atoms with E-state index in [2.05, 4.69) is 15.4 Å². The fraction of sp³-hybridized carbons (Fsp3) is 0.588. The van der Waals surface area contributed by atoms with E-state index in [4.69, 9.17) is 0 Å². The Morgan fingerprint density at radius 2 is 2.22 bits per heavy atom. The normalized spacial score (nSPS) is 21.6. The molecular weight excluding hydrogens is 292 g/mol. The monoisotopic (exact) mass is 316 g/mol. The van der Waals surface area contributed by atoms with Gasteiger partial charge in [0, 0.05) is 19.3 Å². The van der Waals surface area contributed by atoms with Gasteiger partial charge >= 0.3 is 0 Å². The zero-order valence-corrected chi connectivity index (χ0v) is 14.0. The van der Waals surface area contributed by atoms with Gasteiger partial charge in [-0.05, 0) is 45.1 Å². The predicted octanol–water partition coefficient (Wildman–Crippen LogP) is 1.87. The van der Waals surface area contributed by atoms with Crippen LogP contribution in [0.15, 0.2) is 6.07 Å². The summed E-state index contributed by atoms with van der Waals surface area (Å²) < 4.78 is 1.71. The Kier molecular flexibility index (Phi) is 4.35. The summed E-state index contributed by atoms with van der Waals surface area (Å²) in [7, 11) is 1.84. The molecule has 2 atom stereocenters. The van der Waals surface area contributed by atoms with Gasteiger partial charge in [-0.1, -0.05) is 6.42 Å². The van der Waals surface area contributed by atoms with Crippen LogP contribution in [-0.2, 0) is 7.05 Å². The fourth-order valence-corrected chi connectivity index (χ4v) is 3.53. The van der Waals surface area contributed by atoms with Crippen LogP contribution in [0.3, 0.4) is 0 Å². The van der Waals surface area contributed by atoms with Crippen molar-refractivity contribution in [3.05, 3.63) is 23.0 Å². The highest BCUT2D eigenvalue weighted by Gasteiger charge is 2.22. The van der Waals surface area contributed by atoms with Crippen molar-refractivity contribution >= 4 is 16.9 Å². The summed E-state index contributed by atoms with van der Waals surface area (Å²) in [5, 5.41) is 18.0. The molecule has 3 rings (SSSR count). The first-order valence-electron chi connectivity index (χ1n) is 8.23. The summed E-state index contributed by atoms with van der Waals surface area (Å²) in [6.07, 6.45) is 3.53. The average molecular weight is 316 g/mol. The minimum absolute atomic E-state index is 0.0864. The third-order valence-electron chi connectivity index (χ3n) is 4.65. The van der Waals surface area contributed by atoms with Crippen LogP contribution < -0.4 is 5.32 Å². The van der Waals surface area contributed by atoms with Gasteiger partial charge in [0.1, 0.15) is 0 Å². The first-order valence-corrected chi connectivity index (χ1v) is 8.23. The van der Waals surface area contributed by atoms with Crippen molar-refractivity contribution in [1.82, 2.24) is 20.1 Å². The number of hydrogen-bond donors (Lipinski definition) is 2. The SMILES string of the molecule is Cc1cc(C(=O)NCC2CCCC(O)C2)c2c(C)nn(C)c2n1. The van der Waals surface area contributed by atoms with Crippen LogP contribution in [0.25, 0.3) is 11.0 Å². The Labute approximate surface area is 135 Å². The lowest BCUT2D eigenvalue weighted by Gasteiger charge is -2.25. The Morgan fingerprint density at radius 1 is 1.43 bits per heavy atom. The van der Waals surface area contributed by atoms with Gasteiger partial charge in [-0.15, -0.1) is 0 Å². The van der Waals surface area contributed by atoms with Crippen molar-refractivity contribution in [2.24, 2.45) is 13.0 Å². The second kappa shape index (κ2) is 6.28. The first-order chi connectivity index (χ1) is 11.0. The molecule has 0 bridgehead atoms. The molecule has 2 aromatic heterocycles. The quantitative estimate of drug-likeness (QED) is 0.906. The first kappa shape index (κ1) is 15.9. The number of carbonyl (C=O) groups is 1. The third kappa shape index (κ3) is 3.22. The highest BCUT2D eigenvalue weighted by molar-refractivity contribution is 6.06. The van der Waals surface area contributed by atoms with E-state index in [1.54, 1.807) is 4.68 Å². The lowest BCUT2D eigenvalue weighted by Crippen LogP contribution is -2.33. The molecule has 1 amide bonds. The van der Waals surface area contributed by atoms with Gasteiger partial charge < -0.3 is 10.4 Å². The van der Waals surface area contributed by atoms with Crippen LogP contribution in [0.4, 0.5) is 0 Å². The molecule has 23 heavy (non-hydrogen) atoms. The Balaban J connectivity index is 1.80. The number of aromatic nitrogens is 3. The van der Waals surface area contributed by atoms with Crippen molar-refractivity contribution in [3.63, 3.8) is 0 Å². The number of rotatable bonds is 3. The number of carbonyl (C=O) groups excluding carboxylic acids is 1. The number of aliphatic hydroxyl groups is 1. The molecule has 2 aromatic rings. The van der Waals surface area contributed by atoms with E-state index in [1.165, 1.54) is 0 Å². The van der Waals surface area contributed by atoms with E-state index >= 15 is 0 Å². The number of fused-ring (bicyclic) bond motifs is 1. The molecule has 0 aliphatic heterocycles. The maximum Gasteiger partial charge on any atom is 0.252 e. The van der Waals surface area contributed by atoms with E-state index < -0.39 is 0 Å². The number of pyridine rings is 1. The summed E-state index contributed by atoms with van der Waals surface area (Å²) in [4.78, 5) is 17.1. The number of amides is 1. The van der Waals surface area contributed by atoms with Crippen molar-refractivity contribution in [3.8, 4) is 0 Å². The van der Waals surface area contributed by atoms with Crippen molar-refractivity contribution < 1.29 is 9.90 Å². The van der Waals surface area contributed by atoms with Crippen LogP contribution in [0.1, 0.15) is 47.4 Å². The Bertz CT molecular complexity index is 738. The van der Waals surface area contributed by atoms with E-state index in [1.807, 2.05) is 27.0 Å². The van der Waals surface area contributed by atoms with Gasteiger partial charge in [-0.2, -0.15) is 5.10 Å². The topological polar surface area (TPSA) is 80.0 Å². The molecule has 2 N–H and O–H groups in total. The number of aryl methyl sites for hydroxylation is 3. The molecule has 0 spiro atoms.